The summed E-state index contributed by atoms with van der Waals surface area (Å²) in [6, 6.07) is 0. The number of rotatable bonds is 0. The molecule has 1 aliphatic heterocycles. The molecule has 0 amide bonds. The first kappa shape index (κ1) is 10.0. The monoisotopic (exact) mass is 171 g/mol. The molecule has 0 saturated carbocycles. The van der Waals surface area contributed by atoms with Crippen LogP contribution in [0.1, 0.15) is 41.0 Å². The van der Waals surface area contributed by atoms with Gasteiger partial charge in [-0.1, -0.05) is 0 Å². The number of hydrogen-bond donors (Lipinski definition) is 1. The van der Waals surface area contributed by atoms with E-state index < -0.39 is 0 Å². The van der Waals surface area contributed by atoms with Crippen molar-refractivity contribution < 1.29 is 5.11 Å². The fourth-order valence-corrected chi connectivity index (χ4v) is 2.39. The number of nitrogens with zero attached hydrogens (tertiary/aromatic N) is 1. The summed E-state index contributed by atoms with van der Waals surface area (Å²) in [5, 5.41) is 9.56. The highest BCUT2D eigenvalue weighted by molar-refractivity contribution is 4.98. The van der Waals surface area contributed by atoms with Gasteiger partial charge in [0.2, 0.25) is 0 Å². The van der Waals surface area contributed by atoms with E-state index in [-0.39, 0.29) is 17.2 Å². The van der Waals surface area contributed by atoms with Crippen LogP contribution in [-0.4, -0.2) is 33.7 Å². The summed E-state index contributed by atoms with van der Waals surface area (Å²) in [5.41, 5.74) is 0.318. The third kappa shape index (κ3) is 1.80. The van der Waals surface area contributed by atoms with Gasteiger partial charge in [-0.25, -0.2) is 0 Å². The van der Waals surface area contributed by atoms with Gasteiger partial charge >= 0.3 is 0 Å². The molecule has 1 atom stereocenters. The second-order valence-electron chi connectivity index (χ2n) is 5.45. The van der Waals surface area contributed by atoms with Gasteiger partial charge in [0.15, 0.2) is 0 Å². The highest BCUT2D eigenvalue weighted by Crippen LogP contribution is 2.34. The van der Waals surface area contributed by atoms with Crippen molar-refractivity contribution in [3.63, 3.8) is 0 Å². The lowest BCUT2D eigenvalue weighted by molar-refractivity contribution is 0.0634. The summed E-state index contributed by atoms with van der Waals surface area (Å²) in [5.74, 6) is 0. The summed E-state index contributed by atoms with van der Waals surface area (Å²) < 4.78 is 0. The Kier molecular flexibility index (Phi) is 2.26. The molecule has 0 aromatic carbocycles. The predicted molar refractivity (Wildman–Crippen MR) is 51.2 cm³/mol. The van der Waals surface area contributed by atoms with E-state index in [4.69, 9.17) is 0 Å². The van der Waals surface area contributed by atoms with Crippen LogP contribution in [0.5, 0.6) is 0 Å². The minimum absolute atomic E-state index is 0.140. The fraction of sp³-hybridized carbons (Fsp3) is 1.00. The molecule has 0 bridgehead atoms. The molecule has 72 valence electrons. The largest absolute Gasteiger partial charge is 0.392 e. The van der Waals surface area contributed by atoms with Crippen LogP contribution in [0.2, 0.25) is 0 Å². The molecule has 1 unspecified atom stereocenters. The molecule has 1 rings (SSSR count). The standard InChI is InChI=1S/C10H21NO/c1-9(2,3)11-7-8(12)6-10(11,4)5/h8,12H,6-7H2,1-5H3. The SMILES string of the molecule is CC(C)(C)N1CC(O)CC1(C)C. The number of aliphatic hydroxyl groups excluding tert-OH is 1. The first-order valence-corrected chi connectivity index (χ1v) is 4.69. The molecule has 12 heavy (non-hydrogen) atoms. The Morgan fingerprint density at radius 2 is 1.83 bits per heavy atom. The molecule has 1 fully saturated rings. The van der Waals surface area contributed by atoms with E-state index >= 15 is 0 Å². The highest BCUT2D eigenvalue weighted by Gasteiger charge is 2.42. The van der Waals surface area contributed by atoms with Gasteiger partial charge < -0.3 is 5.11 Å². The summed E-state index contributed by atoms with van der Waals surface area (Å²) in [6.07, 6.45) is 0.754. The van der Waals surface area contributed by atoms with E-state index in [1.165, 1.54) is 0 Å². The summed E-state index contributed by atoms with van der Waals surface area (Å²) in [7, 11) is 0. The Hall–Kier alpha value is -0.0800. The van der Waals surface area contributed by atoms with Gasteiger partial charge in [0.05, 0.1) is 6.10 Å². The molecule has 0 aromatic heterocycles. The molecule has 1 heterocycles. The average molecular weight is 171 g/mol. The van der Waals surface area contributed by atoms with Crippen LogP contribution in [0, 0.1) is 0 Å². The third-order valence-electron chi connectivity index (χ3n) is 2.67. The topological polar surface area (TPSA) is 23.5 Å². The molecule has 2 heteroatoms. The molecule has 0 radical (unpaired) electrons. The Labute approximate surface area is 75.6 Å². The van der Waals surface area contributed by atoms with Gasteiger partial charge in [0, 0.05) is 17.6 Å². The van der Waals surface area contributed by atoms with Crippen LogP contribution in [0.25, 0.3) is 0 Å². The van der Waals surface area contributed by atoms with Crippen LogP contribution >= 0.6 is 0 Å². The van der Waals surface area contributed by atoms with E-state index in [1.807, 2.05) is 0 Å². The smallest absolute Gasteiger partial charge is 0.0685 e. The first-order chi connectivity index (χ1) is 5.23. The molecule has 0 aliphatic carbocycles. The van der Waals surface area contributed by atoms with Crippen molar-refractivity contribution in [2.24, 2.45) is 0 Å². The van der Waals surface area contributed by atoms with Crippen molar-refractivity contribution in [3.05, 3.63) is 0 Å². The third-order valence-corrected chi connectivity index (χ3v) is 2.67. The van der Waals surface area contributed by atoms with E-state index in [9.17, 15) is 5.11 Å². The molecule has 0 spiro atoms. The summed E-state index contributed by atoms with van der Waals surface area (Å²) in [6.45, 7) is 11.8. The predicted octanol–water partition coefficient (Wildman–Crippen LogP) is 1.63. The van der Waals surface area contributed by atoms with E-state index in [0.29, 0.717) is 0 Å². The maximum atomic E-state index is 9.56. The minimum Gasteiger partial charge on any atom is -0.392 e. The fourth-order valence-electron chi connectivity index (χ4n) is 2.39. The molecule has 0 aromatic rings. The average Bonchev–Trinajstić information content (AvgIpc) is 2.02. The molecular formula is C10H21NO. The van der Waals surface area contributed by atoms with Crippen molar-refractivity contribution in [1.29, 1.82) is 0 Å². The van der Waals surface area contributed by atoms with Crippen LogP contribution in [0.3, 0.4) is 0 Å². The van der Waals surface area contributed by atoms with E-state index in [1.54, 1.807) is 0 Å². The number of hydrogen-bond acceptors (Lipinski definition) is 2. The van der Waals surface area contributed by atoms with Gasteiger partial charge in [-0.15, -0.1) is 0 Å². The molecule has 1 saturated heterocycles. The maximum Gasteiger partial charge on any atom is 0.0685 e. The minimum atomic E-state index is -0.140. The lowest BCUT2D eigenvalue weighted by atomic mass is 9.96. The molecule has 2 nitrogen and oxygen atoms in total. The summed E-state index contributed by atoms with van der Waals surface area (Å²) in [4.78, 5) is 2.38. The Morgan fingerprint density at radius 1 is 1.33 bits per heavy atom. The van der Waals surface area contributed by atoms with Crippen molar-refractivity contribution in [1.82, 2.24) is 4.90 Å². The second kappa shape index (κ2) is 2.71. The van der Waals surface area contributed by atoms with Crippen molar-refractivity contribution in [2.75, 3.05) is 6.54 Å². The van der Waals surface area contributed by atoms with Crippen molar-refractivity contribution >= 4 is 0 Å². The lowest BCUT2D eigenvalue weighted by Crippen LogP contribution is -2.50. The first-order valence-electron chi connectivity index (χ1n) is 4.69. The number of likely N-dealkylation sites (tertiary alicyclic amines) is 1. The lowest BCUT2D eigenvalue weighted by Gasteiger charge is -2.41. The van der Waals surface area contributed by atoms with Gasteiger partial charge in [0.25, 0.3) is 0 Å². The van der Waals surface area contributed by atoms with Crippen molar-refractivity contribution in [3.8, 4) is 0 Å². The van der Waals surface area contributed by atoms with Gasteiger partial charge in [-0.05, 0) is 41.0 Å². The highest BCUT2D eigenvalue weighted by atomic mass is 16.3. The molecule has 1 aliphatic rings. The molecular weight excluding hydrogens is 150 g/mol. The number of aliphatic hydroxyl groups is 1. The Balaban J connectivity index is 2.79. The van der Waals surface area contributed by atoms with E-state index in [0.717, 1.165) is 13.0 Å². The zero-order chi connectivity index (χ0) is 9.57. The zero-order valence-corrected chi connectivity index (χ0v) is 8.89. The van der Waals surface area contributed by atoms with Gasteiger partial charge in [-0.3, -0.25) is 4.90 Å². The van der Waals surface area contributed by atoms with Crippen LogP contribution < -0.4 is 0 Å². The number of β-amino-alcohol motifs (C(OH)–C–C–N with tert-alkyl or cyclic N) is 1. The maximum absolute atomic E-state index is 9.56. The van der Waals surface area contributed by atoms with Crippen LogP contribution in [0.15, 0.2) is 0 Å². The van der Waals surface area contributed by atoms with Gasteiger partial charge in [-0.2, -0.15) is 0 Å². The Bertz CT molecular complexity index is 169. The van der Waals surface area contributed by atoms with Gasteiger partial charge in [0.1, 0.15) is 0 Å². The van der Waals surface area contributed by atoms with Crippen molar-refractivity contribution in [2.45, 2.75) is 58.2 Å². The van der Waals surface area contributed by atoms with E-state index in [2.05, 4.69) is 39.5 Å². The molecule has 1 N–H and O–H groups in total. The summed E-state index contributed by atoms with van der Waals surface area (Å²) >= 11 is 0. The van der Waals surface area contributed by atoms with Crippen LogP contribution in [0.4, 0.5) is 0 Å². The zero-order valence-electron chi connectivity index (χ0n) is 8.89. The quantitative estimate of drug-likeness (QED) is 0.599. The second-order valence-corrected chi connectivity index (χ2v) is 5.45. The Morgan fingerprint density at radius 3 is 2.00 bits per heavy atom. The van der Waals surface area contributed by atoms with Crippen LogP contribution in [-0.2, 0) is 0 Å². The normalized spacial score (nSPS) is 31.0.